The normalized spacial score (nSPS) is 18.8. The summed E-state index contributed by atoms with van der Waals surface area (Å²) in [5, 5.41) is 2.87. The van der Waals surface area contributed by atoms with Gasteiger partial charge in [-0.3, -0.25) is 9.10 Å². The molecule has 0 aliphatic heterocycles. The van der Waals surface area contributed by atoms with E-state index in [4.69, 9.17) is 0 Å². The first kappa shape index (κ1) is 28.5. The van der Waals surface area contributed by atoms with Crippen LogP contribution in [-0.2, 0) is 22.4 Å². The number of halogens is 6. The van der Waals surface area contributed by atoms with Crippen molar-refractivity contribution >= 4 is 27.3 Å². The Bertz CT molecular complexity index is 1190. The first-order valence-electron chi connectivity index (χ1n) is 11.2. The molecule has 1 amide bonds. The van der Waals surface area contributed by atoms with Crippen LogP contribution in [0.5, 0.6) is 0 Å². The number of sulfonamides is 1. The van der Waals surface area contributed by atoms with Gasteiger partial charge in [0.15, 0.2) is 0 Å². The predicted octanol–water partition coefficient (Wildman–Crippen LogP) is 4.69. The number of pyridine rings is 1. The fourth-order valence-electron chi connectivity index (χ4n) is 4.11. The number of nitrogens with one attached hydrogen (secondary N) is 1. The van der Waals surface area contributed by atoms with Crippen LogP contribution < -0.4 is 14.5 Å². The molecule has 1 N–H and O–H groups in total. The lowest BCUT2D eigenvalue weighted by molar-refractivity contribution is -0.150. The number of carbonyl (C=O) groups is 1. The van der Waals surface area contributed by atoms with Crippen LogP contribution in [0, 0.1) is 0 Å². The third-order valence-electron chi connectivity index (χ3n) is 6.37. The second-order valence-corrected chi connectivity index (χ2v) is 11.0. The molecular weight excluding hydrogens is 526 g/mol. The van der Waals surface area contributed by atoms with E-state index in [0.717, 1.165) is 10.6 Å². The molecule has 1 aliphatic carbocycles. The molecular formula is C23H26F6N4O3S. The van der Waals surface area contributed by atoms with Crippen LogP contribution in [0.25, 0.3) is 0 Å². The largest absolute Gasteiger partial charge is 0.433 e. The molecule has 1 saturated carbocycles. The average Bonchev–Trinajstić information content (AvgIpc) is 2.81. The van der Waals surface area contributed by atoms with Gasteiger partial charge in [0.2, 0.25) is 10.0 Å². The first-order valence-corrected chi connectivity index (χ1v) is 13.1. The molecule has 1 aliphatic rings. The Kier molecular flexibility index (Phi) is 8.01. The van der Waals surface area contributed by atoms with Crippen LogP contribution in [0.1, 0.15) is 47.4 Å². The maximum atomic E-state index is 13.2. The summed E-state index contributed by atoms with van der Waals surface area (Å²) in [4.78, 5) is 16.8. The Labute approximate surface area is 210 Å². The lowest BCUT2D eigenvalue weighted by Gasteiger charge is -2.36. The van der Waals surface area contributed by atoms with Gasteiger partial charge < -0.3 is 10.2 Å². The molecule has 1 heterocycles. The molecule has 37 heavy (non-hydrogen) atoms. The molecule has 0 radical (unpaired) electrons. The molecule has 0 spiro atoms. The molecule has 204 valence electrons. The molecule has 0 bridgehead atoms. The molecule has 0 unspecified atom stereocenters. The number of alkyl halides is 6. The van der Waals surface area contributed by atoms with Gasteiger partial charge in [-0.25, -0.2) is 13.4 Å². The molecule has 0 saturated heterocycles. The summed E-state index contributed by atoms with van der Waals surface area (Å²) in [5.41, 5.74) is -2.75. The Morgan fingerprint density at radius 3 is 1.81 bits per heavy atom. The van der Waals surface area contributed by atoms with E-state index in [2.05, 4.69) is 10.3 Å². The number of aromatic nitrogens is 1. The molecule has 3 rings (SSSR count). The second-order valence-electron chi connectivity index (χ2n) is 8.96. The number of benzene rings is 1. The van der Waals surface area contributed by atoms with Crippen LogP contribution in [0.4, 0.5) is 37.7 Å². The average molecular weight is 553 g/mol. The fraction of sp³-hybridized carbons (Fsp3) is 0.478. The number of anilines is 2. The topological polar surface area (TPSA) is 82.6 Å². The molecule has 1 fully saturated rings. The van der Waals surface area contributed by atoms with Gasteiger partial charge in [-0.05, 0) is 62.1 Å². The van der Waals surface area contributed by atoms with Crippen molar-refractivity contribution in [3.63, 3.8) is 0 Å². The van der Waals surface area contributed by atoms with Crippen molar-refractivity contribution in [3.8, 4) is 0 Å². The van der Waals surface area contributed by atoms with E-state index in [1.807, 2.05) is 0 Å². The predicted molar refractivity (Wildman–Crippen MR) is 126 cm³/mol. The summed E-state index contributed by atoms with van der Waals surface area (Å²) in [7, 11) is -0.622. The van der Waals surface area contributed by atoms with Crippen LogP contribution in [0.15, 0.2) is 36.4 Å². The third kappa shape index (κ3) is 7.05. The zero-order valence-corrected chi connectivity index (χ0v) is 21.0. The lowest BCUT2D eigenvalue weighted by Crippen LogP contribution is -2.43. The van der Waals surface area contributed by atoms with Crippen molar-refractivity contribution < 1.29 is 39.6 Å². The molecule has 0 atom stereocenters. The maximum absolute atomic E-state index is 13.2. The second kappa shape index (κ2) is 10.4. The van der Waals surface area contributed by atoms with Gasteiger partial charge in [-0.15, -0.1) is 0 Å². The summed E-state index contributed by atoms with van der Waals surface area (Å²) in [6, 6.07) is 6.63. The zero-order chi connectivity index (χ0) is 27.8. The van der Waals surface area contributed by atoms with Crippen molar-refractivity contribution in [2.75, 3.05) is 29.6 Å². The highest BCUT2D eigenvalue weighted by molar-refractivity contribution is 7.92. The minimum Gasteiger partial charge on any atom is -0.371 e. The molecule has 1 aromatic heterocycles. The third-order valence-corrected chi connectivity index (χ3v) is 7.57. The number of hydrogen-bond donors (Lipinski definition) is 1. The Balaban J connectivity index is 1.64. The SMILES string of the molecule is CN(c1cc(C(F)(F)F)nc(C(F)(F)F)c1)C1CCC(NC(=O)c2ccc(N(C)S(C)(=O)=O)cc2)CC1. The quantitative estimate of drug-likeness (QED) is 0.526. The molecule has 2 aromatic rings. The molecule has 14 heteroatoms. The van der Waals surface area contributed by atoms with E-state index in [1.54, 1.807) is 0 Å². The minimum atomic E-state index is -5.03. The lowest BCUT2D eigenvalue weighted by atomic mass is 9.90. The summed E-state index contributed by atoms with van der Waals surface area (Å²) in [6.45, 7) is 0. The van der Waals surface area contributed by atoms with Gasteiger partial charge in [0.25, 0.3) is 5.91 Å². The Hall–Kier alpha value is -3.03. The molecule has 7 nitrogen and oxygen atoms in total. The van der Waals surface area contributed by atoms with Crippen LogP contribution in [0.3, 0.4) is 0 Å². The van der Waals surface area contributed by atoms with Gasteiger partial charge in [0, 0.05) is 37.4 Å². The molecule has 1 aromatic carbocycles. The van der Waals surface area contributed by atoms with Crippen LogP contribution in [-0.4, -0.2) is 51.7 Å². The summed E-state index contributed by atoms with van der Waals surface area (Å²) < 4.78 is 103. The number of amides is 1. The fourth-order valence-corrected chi connectivity index (χ4v) is 4.62. The van der Waals surface area contributed by atoms with E-state index >= 15 is 0 Å². The highest BCUT2D eigenvalue weighted by atomic mass is 32.2. The number of nitrogens with zero attached hydrogens (tertiary/aromatic N) is 3. The number of hydrogen-bond acceptors (Lipinski definition) is 5. The summed E-state index contributed by atoms with van der Waals surface area (Å²) in [5.74, 6) is -0.371. The van der Waals surface area contributed by atoms with Crippen molar-refractivity contribution in [3.05, 3.63) is 53.3 Å². The monoisotopic (exact) mass is 552 g/mol. The minimum absolute atomic E-state index is 0.232. The van der Waals surface area contributed by atoms with Crippen LogP contribution >= 0.6 is 0 Å². The zero-order valence-electron chi connectivity index (χ0n) is 20.2. The van der Waals surface area contributed by atoms with Crippen molar-refractivity contribution in [1.29, 1.82) is 0 Å². The summed E-state index contributed by atoms with van der Waals surface area (Å²) in [6.07, 6.45) is -7.19. The highest BCUT2D eigenvalue weighted by Crippen LogP contribution is 2.37. The number of rotatable bonds is 6. The maximum Gasteiger partial charge on any atom is 0.433 e. The van der Waals surface area contributed by atoms with Crippen molar-refractivity contribution in [2.45, 2.75) is 50.1 Å². The summed E-state index contributed by atoms with van der Waals surface area (Å²) >= 11 is 0. The van der Waals surface area contributed by atoms with Gasteiger partial charge in [0.05, 0.1) is 11.9 Å². The van der Waals surface area contributed by atoms with Crippen LogP contribution in [0.2, 0.25) is 0 Å². The van der Waals surface area contributed by atoms with Gasteiger partial charge in [-0.1, -0.05) is 0 Å². The number of carbonyl (C=O) groups excluding carboxylic acids is 1. The van der Waals surface area contributed by atoms with Crippen molar-refractivity contribution in [1.82, 2.24) is 10.3 Å². The standard InChI is InChI=1S/C23H26F6N4O3S/c1-32(18-12-19(22(24,25)26)31-20(13-18)23(27,28)29)16-10-6-15(7-11-16)30-21(34)14-4-8-17(9-5-14)33(2)37(3,35)36/h4-5,8-9,12-13,15-16H,6-7,10-11H2,1-3H3,(H,30,34). The van der Waals surface area contributed by atoms with E-state index in [0.29, 0.717) is 49.1 Å². The van der Waals surface area contributed by atoms with Gasteiger partial charge in [-0.2, -0.15) is 26.3 Å². The van der Waals surface area contributed by atoms with E-state index in [1.165, 1.54) is 43.3 Å². The first-order chi connectivity index (χ1) is 17.0. The van der Waals surface area contributed by atoms with Crippen molar-refractivity contribution in [2.24, 2.45) is 0 Å². The van der Waals surface area contributed by atoms with E-state index < -0.39 is 33.8 Å². The Morgan fingerprint density at radius 1 is 0.892 bits per heavy atom. The highest BCUT2D eigenvalue weighted by Gasteiger charge is 2.39. The van der Waals surface area contributed by atoms with Gasteiger partial charge >= 0.3 is 12.4 Å². The van der Waals surface area contributed by atoms with E-state index in [9.17, 15) is 39.6 Å². The van der Waals surface area contributed by atoms with Gasteiger partial charge in [0.1, 0.15) is 11.4 Å². The smallest absolute Gasteiger partial charge is 0.371 e. The van der Waals surface area contributed by atoms with E-state index in [-0.39, 0.29) is 23.7 Å². The Morgan fingerprint density at radius 2 is 1.38 bits per heavy atom.